The minimum atomic E-state index is -3.27. The molecule has 0 aliphatic heterocycles. The summed E-state index contributed by atoms with van der Waals surface area (Å²) in [5.41, 5.74) is 3.45. The van der Waals surface area contributed by atoms with E-state index in [-0.39, 0.29) is 10.8 Å². The highest BCUT2D eigenvalue weighted by Crippen LogP contribution is 2.31. The Kier molecular flexibility index (Phi) is 4.15. The summed E-state index contributed by atoms with van der Waals surface area (Å²) in [6, 6.07) is 9.89. The van der Waals surface area contributed by atoms with Gasteiger partial charge in [0.2, 0.25) is 0 Å². The van der Waals surface area contributed by atoms with Crippen LogP contribution in [0.5, 0.6) is 0 Å². The van der Waals surface area contributed by atoms with Crippen LogP contribution < -0.4 is 5.32 Å². The molecule has 0 radical (unpaired) electrons. The molecule has 7 heteroatoms. The zero-order valence-electron chi connectivity index (χ0n) is 13.5. The number of rotatable bonds is 3. The third-order valence-corrected chi connectivity index (χ3v) is 5.94. The molecule has 5 nitrogen and oxygen atoms in total. The van der Waals surface area contributed by atoms with Gasteiger partial charge >= 0.3 is 0 Å². The van der Waals surface area contributed by atoms with Crippen molar-refractivity contribution in [3.05, 3.63) is 53.1 Å². The molecule has 1 N–H and O–H groups in total. The Morgan fingerprint density at radius 1 is 1.04 bits per heavy atom. The molecule has 24 heavy (non-hydrogen) atoms. The quantitative estimate of drug-likeness (QED) is 0.775. The van der Waals surface area contributed by atoms with Crippen LogP contribution >= 0.6 is 11.3 Å². The SMILES string of the molecule is Cc1ccc(C)c2sc(NC(=O)c3ccc(S(C)(=O)=O)cc3)nc12. The Bertz CT molecular complexity index is 997. The second-order valence-electron chi connectivity index (χ2n) is 5.65. The number of thiazole rings is 1. The smallest absolute Gasteiger partial charge is 0.257 e. The van der Waals surface area contributed by atoms with E-state index in [1.54, 1.807) is 0 Å². The third-order valence-electron chi connectivity index (χ3n) is 3.71. The Labute approximate surface area is 144 Å². The van der Waals surface area contributed by atoms with Gasteiger partial charge in [-0.05, 0) is 49.2 Å². The topological polar surface area (TPSA) is 76.1 Å². The van der Waals surface area contributed by atoms with E-state index in [9.17, 15) is 13.2 Å². The van der Waals surface area contributed by atoms with E-state index in [4.69, 9.17) is 0 Å². The third kappa shape index (κ3) is 3.18. The number of hydrogen-bond acceptors (Lipinski definition) is 5. The van der Waals surface area contributed by atoms with E-state index in [0.717, 1.165) is 27.6 Å². The molecule has 1 amide bonds. The molecular weight excluding hydrogens is 344 g/mol. The van der Waals surface area contributed by atoms with Crippen molar-refractivity contribution in [2.45, 2.75) is 18.7 Å². The Morgan fingerprint density at radius 3 is 2.25 bits per heavy atom. The van der Waals surface area contributed by atoms with Crippen molar-refractivity contribution in [1.29, 1.82) is 0 Å². The van der Waals surface area contributed by atoms with Crippen LogP contribution in [0, 0.1) is 13.8 Å². The normalized spacial score (nSPS) is 11.6. The van der Waals surface area contributed by atoms with Gasteiger partial charge in [0, 0.05) is 11.8 Å². The summed E-state index contributed by atoms with van der Waals surface area (Å²) in [5.74, 6) is -0.315. The first-order valence-electron chi connectivity index (χ1n) is 7.24. The molecule has 0 saturated heterocycles. The second kappa shape index (κ2) is 5.99. The summed E-state index contributed by atoms with van der Waals surface area (Å²) < 4.78 is 24.0. The molecule has 1 heterocycles. The van der Waals surface area contributed by atoms with Crippen LogP contribution in [-0.4, -0.2) is 25.6 Å². The lowest BCUT2D eigenvalue weighted by Gasteiger charge is -2.03. The summed E-state index contributed by atoms with van der Waals surface area (Å²) in [4.78, 5) is 17.0. The van der Waals surface area contributed by atoms with E-state index < -0.39 is 9.84 Å². The molecule has 0 fully saturated rings. The number of aryl methyl sites for hydroxylation is 2. The highest BCUT2D eigenvalue weighted by Gasteiger charge is 2.13. The number of hydrogen-bond donors (Lipinski definition) is 1. The van der Waals surface area contributed by atoms with Crippen molar-refractivity contribution in [3.8, 4) is 0 Å². The molecule has 0 unspecified atom stereocenters. The molecule has 124 valence electrons. The summed E-state index contributed by atoms with van der Waals surface area (Å²) >= 11 is 1.43. The molecule has 1 aromatic heterocycles. The fourth-order valence-electron chi connectivity index (χ4n) is 2.34. The van der Waals surface area contributed by atoms with Crippen molar-refractivity contribution < 1.29 is 13.2 Å². The number of benzene rings is 2. The number of amides is 1. The maximum atomic E-state index is 12.3. The zero-order valence-corrected chi connectivity index (χ0v) is 15.1. The summed E-state index contributed by atoms with van der Waals surface area (Å²) in [6.07, 6.45) is 1.13. The van der Waals surface area contributed by atoms with Crippen LogP contribution in [0.1, 0.15) is 21.5 Å². The molecule has 0 atom stereocenters. The molecule has 0 bridgehead atoms. The van der Waals surface area contributed by atoms with Crippen LogP contribution in [0.4, 0.5) is 5.13 Å². The lowest BCUT2D eigenvalue weighted by molar-refractivity contribution is 0.102. The highest BCUT2D eigenvalue weighted by atomic mass is 32.2. The molecule has 3 rings (SSSR count). The summed E-state index contributed by atoms with van der Waals surface area (Å²) in [7, 11) is -3.27. The van der Waals surface area contributed by atoms with Crippen LogP contribution in [0.2, 0.25) is 0 Å². The van der Waals surface area contributed by atoms with Crippen LogP contribution in [0.25, 0.3) is 10.2 Å². The minimum absolute atomic E-state index is 0.185. The molecule has 0 aliphatic rings. The fraction of sp³-hybridized carbons (Fsp3) is 0.176. The van der Waals surface area contributed by atoms with Crippen molar-refractivity contribution in [2.24, 2.45) is 0 Å². The maximum absolute atomic E-state index is 12.3. The van der Waals surface area contributed by atoms with E-state index in [1.807, 2.05) is 26.0 Å². The predicted molar refractivity (Wildman–Crippen MR) is 96.6 cm³/mol. The lowest BCUT2D eigenvalue weighted by atomic mass is 10.1. The number of nitrogens with zero attached hydrogens (tertiary/aromatic N) is 1. The number of anilines is 1. The van der Waals surface area contributed by atoms with E-state index in [2.05, 4.69) is 10.3 Å². The lowest BCUT2D eigenvalue weighted by Crippen LogP contribution is -2.11. The van der Waals surface area contributed by atoms with E-state index in [0.29, 0.717) is 10.7 Å². The highest BCUT2D eigenvalue weighted by molar-refractivity contribution is 7.90. The van der Waals surface area contributed by atoms with Crippen molar-refractivity contribution in [3.63, 3.8) is 0 Å². The fourth-order valence-corrected chi connectivity index (χ4v) is 3.97. The molecule has 0 spiro atoms. The van der Waals surface area contributed by atoms with Gasteiger partial charge in [0.1, 0.15) is 0 Å². The Morgan fingerprint density at radius 2 is 1.67 bits per heavy atom. The first-order valence-corrected chi connectivity index (χ1v) is 9.95. The van der Waals surface area contributed by atoms with Crippen molar-refractivity contribution in [1.82, 2.24) is 4.98 Å². The van der Waals surface area contributed by atoms with Gasteiger partial charge in [-0.2, -0.15) is 0 Å². The second-order valence-corrected chi connectivity index (χ2v) is 8.66. The number of carbonyl (C=O) groups excluding carboxylic acids is 1. The average Bonchev–Trinajstić information content (AvgIpc) is 2.95. The number of fused-ring (bicyclic) bond motifs is 1. The molecule has 0 saturated carbocycles. The van der Waals surface area contributed by atoms with Gasteiger partial charge in [-0.25, -0.2) is 13.4 Å². The minimum Gasteiger partial charge on any atom is -0.298 e. The Balaban J connectivity index is 1.87. The van der Waals surface area contributed by atoms with Gasteiger partial charge in [0.25, 0.3) is 5.91 Å². The number of aromatic nitrogens is 1. The molecular formula is C17H16N2O3S2. The van der Waals surface area contributed by atoms with E-state index >= 15 is 0 Å². The maximum Gasteiger partial charge on any atom is 0.257 e. The number of sulfone groups is 1. The monoisotopic (exact) mass is 360 g/mol. The van der Waals surface area contributed by atoms with Crippen LogP contribution in [0.15, 0.2) is 41.3 Å². The summed E-state index contributed by atoms with van der Waals surface area (Å²) in [6.45, 7) is 3.99. The molecule has 0 aliphatic carbocycles. The van der Waals surface area contributed by atoms with E-state index in [1.165, 1.54) is 35.6 Å². The number of carbonyl (C=O) groups is 1. The van der Waals surface area contributed by atoms with Crippen LogP contribution in [-0.2, 0) is 9.84 Å². The predicted octanol–water partition coefficient (Wildman–Crippen LogP) is 3.57. The number of nitrogens with one attached hydrogen (secondary N) is 1. The van der Waals surface area contributed by atoms with Gasteiger partial charge in [-0.1, -0.05) is 23.5 Å². The summed E-state index contributed by atoms with van der Waals surface area (Å²) in [5, 5.41) is 3.31. The molecule has 2 aromatic carbocycles. The first-order chi connectivity index (χ1) is 11.3. The standard InChI is InChI=1S/C17H16N2O3S2/c1-10-4-5-11(2)15-14(10)18-17(23-15)19-16(20)12-6-8-13(9-7-12)24(3,21)22/h4-9H,1-3H3,(H,18,19,20). The first kappa shape index (κ1) is 16.6. The van der Waals surface area contributed by atoms with Gasteiger partial charge in [-0.15, -0.1) is 0 Å². The molecule has 3 aromatic rings. The van der Waals surface area contributed by atoms with Crippen molar-refractivity contribution in [2.75, 3.05) is 11.6 Å². The largest absolute Gasteiger partial charge is 0.298 e. The van der Waals surface area contributed by atoms with Gasteiger partial charge in [0.15, 0.2) is 15.0 Å². The zero-order chi connectivity index (χ0) is 17.5. The Hall–Kier alpha value is -2.25. The van der Waals surface area contributed by atoms with Crippen LogP contribution in [0.3, 0.4) is 0 Å². The average molecular weight is 360 g/mol. The van der Waals surface area contributed by atoms with Gasteiger partial charge in [-0.3, -0.25) is 10.1 Å². The van der Waals surface area contributed by atoms with Gasteiger partial charge < -0.3 is 0 Å². The van der Waals surface area contributed by atoms with Gasteiger partial charge in [0.05, 0.1) is 15.1 Å². The van der Waals surface area contributed by atoms with Crippen molar-refractivity contribution >= 4 is 42.4 Å².